The molecular formula is C19H26ClN3O4. The molecule has 0 unspecified atom stereocenters. The molecule has 1 aliphatic rings. The topological polar surface area (TPSA) is 79.0 Å². The Hall–Kier alpha value is -2.28. The van der Waals surface area contributed by atoms with Crippen molar-refractivity contribution >= 4 is 35.2 Å². The first kappa shape index (κ1) is 21.0. The van der Waals surface area contributed by atoms with Crippen LogP contribution in [0.3, 0.4) is 0 Å². The van der Waals surface area contributed by atoms with Crippen LogP contribution in [0.1, 0.15) is 32.3 Å². The normalized spacial score (nSPS) is 15.8. The summed E-state index contributed by atoms with van der Waals surface area (Å²) in [6.45, 7) is 6.00. The van der Waals surface area contributed by atoms with Gasteiger partial charge in [0.1, 0.15) is 5.54 Å². The number of benzene rings is 1. The first-order valence-corrected chi connectivity index (χ1v) is 9.32. The summed E-state index contributed by atoms with van der Waals surface area (Å²) in [6.07, 6.45) is 0.253. The molecule has 0 aliphatic carbocycles. The van der Waals surface area contributed by atoms with Gasteiger partial charge in [0.25, 0.3) is 0 Å². The molecule has 1 aromatic rings. The van der Waals surface area contributed by atoms with E-state index in [0.717, 1.165) is 5.56 Å². The zero-order valence-corrected chi connectivity index (χ0v) is 16.9. The van der Waals surface area contributed by atoms with E-state index in [0.29, 0.717) is 43.2 Å². The average molecular weight is 396 g/mol. The first-order valence-electron chi connectivity index (χ1n) is 8.95. The number of halogens is 1. The lowest BCUT2D eigenvalue weighted by Crippen LogP contribution is -2.62. The third-order valence-corrected chi connectivity index (χ3v) is 5.34. The van der Waals surface area contributed by atoms with Gasteiger partial charge >= 0.3 is 6.09 Å². The first-order chi connectivity index (χ1) is 12.7. The molecule has 0 radical (unpaired) electrons. The number of carbonyl (C=O) groups excluding carboxylic acids is 3. The van der Waals surface area contributed by atoms with Crippen molar-refractivity contribution in [2.75, 3.05) is 32.1 Å². The maximum absolute atomic E-state index is 13.2. The second-order valence-corrected chi connectivity index (χ2v) is 7.15. The number of piperidine rings is 1. The van der Waals surface area contributed by atoms with Crippen LogP contribution < -0.4 is 5.32 Å². The van der Waals surface area contributed by atoms with Gasteiger partial charge in [-0.05, 0) is 44.4 Å². The molecule has 0 aromatic heterocycles. The van der Waals surface area contributed by atoms with Gasteiger partial charge in [0.2, 0.25) is 11.8 Å². The molecule has 2 rings (SSSR count). The number of anilines is 1. The highest BCUT2D eigenvalue weighted by atomic mass is 35.5. The number of hydrogen-bond donors (Lipinski definition) is 1. The highest BCUT2D eigenvalue weighted by Gasteiger charge is 2.47. The van der Waals surface area contributed by atoms with E-state index in [1.807, 2.05) is 13.0 Å². The van der Waals surface area contributed by atoms with Gasteiger partial charge in [-0.15, -0.1) is 0 Å². The molecule has 7 nitrogen and oxygen atoms in total. The van der Waals surface area contributed by atoms with Crippen LogP contribution in [0.2, 0.25) is 5.02 Å². The monoisotopic (exact) mass is 395 g/mol. The molecule has 1 saturated heterocycles. The number of nitrogens with one attached hydrogen (secondary N) is 1. The van der Waals surface area contributed by atoms with Gasteiger partial charge < -0.3 is 19.9 Å². The summed E-state index contributed by atoms with van der Waals surface area (Å²) in [5.41, 5.74) is 0.442. The lowest BCUT2D eigenvalue weighted by molar-refractivity contribution is -0.144. The largest absolute Gasteiger partial charge is 0.450 e. The number of likely N-dealkylation sites (tertiary alicyclic amines) is 1. The molecule has 0 atom stereocenters. The Morgan fingerprint density at radius 2 is 1.93 bits per heavy atom. The van der Waals surface area contributed by atoms with Gasteiger partial charge in [0, 0.05) is 37.8 Å². The van der Waals surface area contributed by atoms with E-state index in [1.54, 1.807) is 31.0 Å². The average Bonchev–Trinajstić information content (AvgIpc) is 2.64. The molecule has 1 aliphatic heterocycles. The fourth-order valence-corrected chi connectivity index (χ4v) is 3.43. The predicted octanol–water partition coefficient (Wildman–Crippen LogP) is 3.06. The highest BCUT2D eigenvalue weighted by molar-refractivity contribution is 6.31. The van der Waals surface area contributed by atoms with Crippen LogP contribution in [-0.2, 0) is 14.3 Å². The van der Waals surface area contributed by atoms with Crippen molar-refractivity contribution < 1.29 is 19.1 Å². The maximum atomic E-state index is 13.2. The zero-order chi connectivity index (χ0) is 20.2. The van der Waals surface area contributed by atoms with E-state index in [1.165, 1.54) is 11.8 Å². The summed E-state index contributed by atoms with van der Waals surface area (Å²) in [4.78, 5) is 40.3. The van der Waals surface area contributed by atoms with Crippen molar-refractivity contribution in [3.05, 3.63) is 28.8 Å². The molecule has 27 heavy (non-hydrogen) atoms. The van der Waals surface area contributed by atoms with E-state index in [-0.39, 0.29) is 11.8 Å². The van der Waals surface area contributed by atoms with Gasteiger partial charge in [0.15, 0.2) is 0 Å². The summed E-state index contributed by atoms with van der Waals surface area (Å²) in [6, 6.07) is 5.26. The van der Waals surface area contributed by atoms with Crippen LogP contribution >= 0.6 is 11.6 Å². The second kappa shape index (κ2) is 8.61. The van der Waals surface area contributed by atoms with Gasteiger partial charge in [-0.3, -0.25) is 9.59 Å². The summed E-state index contributed by atoms with van der Waals surface area (Å²) >= 11 is 6.04. The molecule has 1 fully saturated rings. The number of likely N-dealkylation sites (N-methyl/N-ethyl adjacent to an activating group) is 1. The number of ether oxygens (including phenoxy) is 1. The molecule has 8 heteroatoms. The molecule has 1 aromatic carbocycles. The van der Waals surface area contributed by atoms with E-state index < -0.39 is 11.6 Å². The number of nitrogens with zero attached hydrogens (tertiary/aromatic N) is 2. The summed E-state index contributed by atoms with van der Waals surface area (Å²) in [7, 11) is 1.62. The molecule has 3 amide bonds. The minimum Gasteiger partial charge on any atom is -0.450 e. The Morgan fingerprint density at radius 3 is 2.48 bits per heavy atom. The fraction of sp³-hybridized carbons (Fsp3) is 0.526. The van der Waals surface area contributed by atoms with Crippen LogP contribution in [0.5, 0.6) is 0 Å². The minimum absolute atomic E-state index is 0.211. The molecule has 0 saturated carbocycles. The van der Waals surface area contributed by atoms with Crippen molar-refractivity contribution in [2.24, 2.45) is 0 Å². The third-order valence-electron chi connectivity index (χ3n) is 5.10. The Bertz CT molecular complexity index is 730. The summed E-state index contributed by atoms with van der Waals surface area (Å²) in [5.74, 6) is -0.494. The molecule has 0 bridgehead atoms. The Kier molecular flexibility index (Phi) is 6.70. The number of carbonyl (C=O) groups is 3. The lowest BCUT2D eigenvalue weighted by Gasteiger charge is -2.45. The lowest BCUT2D eigenvalue weighted by atomic mass is 9.84. The Morgan fingerprint density at radius 1 is 1.30 bits per heavy atom. The highest BCUT2D eigenvalue weighted by Crippen LogP contribution is 2.31. The number of rotatable bonds is 4. The molecule has 0 spiro atoms. The summed E-state index contributed by atoms with van der Waals surface area (Å²) in [5, 5.41) is 3.43. The maximum Gasteiger partial charge on any atom is 0.409 e. The van der Waals surface area contributed by atoms with Crippen LogP contribution in [0.4, 0.5) is 10.5 Å². The Labute approximate surface area is 164 Å². The van der Waals surface area contributed by atoms with Gasteiger partial charge in [0.05, 0.1) is 6.61 Å². The van der Waals surface area contributed by atoms with Crippen LogP contribution in [0.25, 0.3) is 0 Å². The molecule has 1 N–H and O–H groups in total. The van der Waals surface area contributed by atoms with Crippen LogP contribution in [0, 0.1) is 6.92 Å². The van der Waals surface area contributed by atoms with Gasteiger partial charge in [-0.2, -0.15) is 0 Å². The molecule has 1 heterocycles. The minimum atomic E-state index is -1.04. The van der Waals surface area contributed by atoms with Crippen LogP contribution in [0.15, 0.2) is 18.2 Å². The van der Waals surface area contributed by atoms with E-state index in [2.05, 4.69) is 5.32 Å². The van der Waals surface area contributed by atoms with Crippen molar-refractivity contribution in [2.45, 2.75) is 39.2 Å². The van der Waals surface area contributed by atoms with Crippen molar-refractivity contribution in [3.63, 3.8) is 0 Å². The van der Waals surface area contributed by atoms with Crippen LogP contribution in [-0.4, -0.2) is 60.0 Å². The third kappa shape index (κ3) is 4.53. The predicted molar refractivity (Wildman–Crippen MR) is 104 cm³/mol. The second-order valence-electron chi connectivity index (χ2n) is 6.71. The standard InChI is InChI=1S/C19H26ClN3O4/c1-5-27-18(26)23-10-8-19(9-11-23,22(4)14(3)24)17(25)21-16-12-15(20)7-6-13(16)2/h6-7,12H,5,8-11H2,1-4H3,(H,21,25). The Balaban J connectivity index is 2.25. The smallest absolute Gasteiger partial charge is 0.409 e. The number of hydrogen-bond acceptors (Lipinski definition) is 4. The van der Waals surface area contributed by atoms with E-state index in [4.69, 9.17) is 16.3 Å². The van der Waals surface area contributed by atoms with Crippen molar-refractivity contribution in [1.29, 1.82) is 0 Å². The molecule has 148 valence electrons. The van der Waals surface area contributed by atoms with Gasteiger partial charge in [-0.25, -0.2) is 4.79 Å². The zero-order valence-electron chi connectivity index (χ0n) is 16.2. The molecular weight excluding hydrogens is 370 g/mol. The quantitative estimate of drug-likeness (QED) is 0.849. The summed E-state index contributed by atoms with van der Waals surface area (Å²) < 4.78 is 5.03. The fourth-order valence-electron chi connectivity index (χ4n) is 3.26. The number of aryl methyl sites for hydroxylation is 1. The van der Waals surface area contributed by atoms with Crippen molar-refractivity contribution in [3.8, 4) is 0 Å². The van der Waals surface area contributed by atoms with E-state index in [9.17, 15) is 14.4 Å². The number of amides is 3. The van der Waals surface area contributed by atoms with Gasteiger partial charge in [-0.1, -0.05) is 17.7 Å². The van der Waals surface area contributed by atoms with Crippen molar-refractivity contribution in [1.82, 2.24) is 9.80 Å². The van der Waals surface area contributed by atoms with E-state index >= 15 is 0 Å². The SMILES string of the molecule is CCOC(=O)N1CCC(C(=O)Nc2cc(Cl)ccc2C)(N(C)C(C)=O)CC1.